The number of alkyl halides is 2. The van der Waals surface area contributed by atoms with Gasteiger partial charge in [-0.1, -0.05) is 30.3 Å². The molecule has 2 aromatic rings. The Balaban J connectivity index is 2.08. The van der Waals surface area contributed by atoms with Crippen molar-refractivity contribution in [2.24, 2.45) is 0 Å². The second kappa shape index (κ2) is 6.58. The van der Waals surface area contributed by atoms with E-state index in [9.17, 15) is 8.78 Å². The third kappa shape index (κ3) is 3.71. The summed E-state index contributed by atoms with van der Waals surface area (Å²) in [6.45, 7) is 0.105. The van der Waals surface area contributed by atoms with Crippen molar-refractivity contribution in [3.05, 3.63) is 41.3 Å². The number of ether oxygens (including phenoxy) is 1. The van der Waals surface area contributed by atoms with Crippen molar-refractivity contribution in [2.45, 2.75) is 13.0 Å². The van der Waals surface area contributed by atoms with E-state index < -0.39 is 13.0 Å². The molecule has 0 bridgehead atoms. The Labute approximate surface area is 114 Å². The number of halogens is 2. The average molecular weight is 284 g/mol. The van der Waals surface area contributed by atoms with Crippen molar-refractivity contribution < 1.29 is 13.5 Å². The van der Waals surface area contributed by atoms with E-state index in [-0.39, 0.29) is 6.61 Å². The molecule has 0 radical (unpaired) electrons. The number of H-pyrrole nitrogens is 1. The van der Waals surface area contributed by atoms with Crippen LogP contribution in [0.15, 0.2) is 36.5 Å². The van der Waals surface area contributed by atoms with Crippen LogP contribution in [0.2, 0.25) is 0 Å². The fourth-order valence-corrected chi connectivity index (χ4v) is 2.04. The summed E-state index contributed by atoms with van der Waals surface area (Å²) in [6, 6.07) is 9.73. The number of hydrogen-bond acceptors (Lipinski definition) is 2. The number of nitrogens with zero attached hydrogens (tertiary/aromatic N) is 1. The van der Waals surface area contributed by atoms with Gasteiger partial charge >= 0.3 is 0 Å². The smallest absolute Gasteiger partial charge is 0.261 e. The highest BCUT2D eigenvalue weighted by Crippen LogP contribution is 2.19. The first-order chi connectivity index (χ1) is 9.18. The predicted octanol–water partition coefficient (Wildman–Crippen LogP) is 3.49. The zero-order valence-electron chi connectivity index (χ0n) is 10.2. The number of aromatic amines is 1. The van der Waals surface area contributed by atoms with Crippen LogP contribution in [0.4, 0.5) is 8.78 Å². The van der Waals surface area contributed by atoms with Crippen LogP contribution in [0.1, 0.15) is 0 Å². The maximum absolute atomic E-state index is 12.0. The van der Waals surface area contributed by atoms with Gasteiger partial charge in [0.05, 0.1) is 12.3 Å². The standard InChI is InChI=1S/C13H14F2N2OS/c14-12(15)9-18-7-6-17-11(8-16-13(17)19)10-4-2-1-3-5-10/h1-5,8,12H,6-7,9H2,(H,16,19). The Bertz CT molecular complexity index is 566. The maximum Gasteiger partial charge on any atom is 0.261 e. The zero-order valence-corrected chi connectivity index (χ0v) is 11.0. The highest BCUT2D eigenvalue weighted by atomic mass is 32.1. The van der Waals surface area contributed by atoms with E-state index in [0.717, 1.165) is 11.3 Å². The van der Waals surface area contributed by atoms with Gasteiger partial charge < -0.3 is 14.3 Å². The summed E-state index contributed by atoms with van der Waals surface area (Å²) in [5.74, 6) is 0. The predicted molar refractivity (Wildman–Crippen MR) is 71.9 cm³/mol. The van der Waals surface area contributed by atoms with Gasteiger partial charge in [-0.25, -0.2) is 8.78 Å². The number of benzene rings is 1. The molecule has 0 saturated carbocycles. The molecule has 0 unspecified atom stereocenters. The Morgan fingerprint density at radius 1 is 1.26 bits per heavy atom. The number of hydrogen-bond donors (Lipinski definition) is 1. The van der Waals surface area contributed by atoms with Crippen LogP contribution >= 0.6 is 12.2 Å². The molecule has 0 amide bonds. The monoisotopic (exact) mass is 284 g/mol. The fourth-order valence-electron chi connectivity index (χ4n) is 1.79. The van der Waals surface area contributed by atoms with Crippen LogP contribution in [0.3, 0.4) is 0 Å². The van der Waals surface area contributed by atoms with Crippen molar-refractivity contribution >= 4 is 12.2 Å². The van der Waals surface area contributed by atoms with Crippen LogP contribution in [0.5, 0.6) is 0 Å². The van der Waals surface area contributed by atoms with E-state index in [1.807, 2.05) is 41.1 Å². The molecule has 1 aromatic heterocycles. The topological polar surface area (TPSA) is 29.9 Å². The first-order valence-electron chi connectivity index (χ1n) is 5.88. The molecule has 0 spiro atoms. The summed E-state index contributed by atoms with van der Waals surface area (Å²) in [7, 11) is 0. The lowest BCUT2D eigenvalue weighted by Crippen LogP contribution is -2.11. The molecule has 0 saturated heterocycles. The molecule has 1 aromatic carbocycles. The minimum absolute atomic E-state index is 0.205. The molecular formula is C13H14F2N2OS. The lowest BCUT2D eigenvalue weighted by atomic mass is 10.2. The second-order valence-electron chi connectivity index (χ2n) is 3.96. The quantitative estimate of drug-likeness (QED) is 0.650. The SMILES string of the molecule is FC(F)COCCn1c(-c2ccccc2)c[nH]c1=S. The molecule has 6 heteroatoms. The van der Waals surface area contributed by atoms with Crippen molar-refractivity contribution in [3.63, 3.8) is 0 Å². The van der Waals surface area contributed by atoms with E-state index >= 15 is 0 Å². The van der Waals surface area contributed by atoms with Crippen molar-refractivity contribution in [1.82, 2.24) is 9.55 Å². The molecular weight excluding hydrogens is 270 g/mol. The van der Waals surface area contributed by atoms with Crippen LogP contribution in [-0.4, -0.2) is 29.2 Å². The number of rotatable bonds is 6. The van der Waals surface area contributed by atoms with Gasteiger partial charge in [0.2, 0.25) is 0 Å². The molecule has 102 valence electrons. The normalized spacial score (nSPS) is 11.1. The summed E-state index contributed by atoms with van der Waals surface area (Å²) in [5, 5.41) is 0. The fraction of sp³-hybridized carbons (Fsp3) is 0.308. The van der Waals surface area contributed by atoms with Crippen LogP contribution in [0, 0.1) is 4.77 Å². The Morgan fingerprint density at radius 2 is 2.00 bits per heavy atom. The summed E-state index contributed by atoms with van der Waals surface area (Å²) in [5.41, 5.74) is 1.94. The Morgan fingerprint density at radius 3 is 2.68 bits per heavy atom. The van der Waals surface area contributed by atoms with Gasteiger partial charge in [0.1, 0.15) is 6.61 Å². The molecule has 0 aliphatic heterocycles. The minimum atomic E-state index is -2.44. The first kappa shape index (κ1) is 13.9. The lowest BCUT2D eigenvalue weighted by Gasteiger charge is -2.09. The van der Waals surface area contributed by atoms with E-state index in [1.165, 1.54) is 0 Å². The lowest BCUT2D eigenvalue weighted by molar-refractivity contribution is 0.0148. The van der Waals surface area contributed by atoms with E-state index in [0.29, 0.717) is 11.3 Å². The average Bonchev–Trinajstić information content (AvgIpc) is 2.77. The summed E-state index contributed by atoms with van der Waals surface area (Å²) < 4.78 is 31.2. The zero-order chi connectivity index (χ0) is 13.7. The van der Waals surface area contributed by atoms with Crippen molar-refractivity contribution in [2.75, 3.05) is 13.2 Å². The number of nitrogens with one attached hydrogen (secondary N) is 1. The maximum atomic E-state index is 12.0. The molecule has 1 N–H and O–H groups in total. The molecule has 3 nitrogen and oxygen atoms in total. The Kier molecular flexibility index (Phi) is 4.81. The summed E-state index contributed by atoms with van der Waals surface area (Å²) in [6.07, 6.45) is -0.627. The molecule has 0 aliphatic carbocycles. The molecule has 19 heavy (non-hydrogen) atoms. The first-order valence-corrected chi connectivity index (χ1v) is 6.29. The second-order valence-corrected chi connectivity index (χ2v) is 4.35. The third-order valence-corrected chi connectivity index (χ3v) is 2.98. The van der Waals surface area contributed by atoms with Gasteiger partial charge in [0.15, 0.2) is 4.77 Å². The van der Waals surface area contributed by atoms with Crippen molar-refractivity contribution in [3.8, 4) is 11.3 Å². The van der Waals surface area contributed by atoms with Gasteiger partial charge in [-0.2, -0.15) is 0 Å². The van der Waals surface area contributed by atoms with E-state index in [1.54, 1.807) is 0 Å². The molecule has 0 atom stereocenters. The van der Waals surface area contributed by atoms with Crippen LogP contribution < -0.4 is 0 Å². The number of aromatic nitrogens is 2. The molecule has 0 fully saturated rings. The van der Waals surface area contributed by atoms with Gasteiger partial charge in [-0.05, 0) is 17.8 Å². The van der Waals surface area contributed by atoms with Crippen molar-refractivity contribution in [1.29, 1.82) is 0 Å². The molecule has 1 heterocycles. The van der Waals surface area contributed by atoms with Gasteiger partial charge in [-0.15, -0.1) is 0 Å². The highest BCUT2D eigenvalue weighted by Gasteiger charge is 2.07. The third-order valence-electron chi connectivity index (χ3n) is 2.64. The Hall–Kier alpha value is -1.53. The van der Waals surface area contributed by atoms with E-state index in [2.05, 4.69) is 4.98 Å². The minimum Gasteiger partial charge on any atom is -0.374 e. The number of imidazole rings is 1. The van der Waals surface area contributed by atoms with Crippen LogP contribution in [-0.2, 0) is 11.3 Å². The summed E-state index contributed by atoms with van der Waals surface area (Å²) in [4.78, 5) is 2.96. The largest absolute Gasteiger partial charge is 0.374 e. The van der Waals surface area contributed by atoms with Gasteiger partial charge in [-0.3, -0.25) is 0 Å². The van der Waals surface area contributed by atoms with Gasteiger partial charge in [0, 0.05) is 12.7 Å². The summed E-state index contributed by atoms with van der Waals surface area (Å²) >= 11 is 5.18. The highest BCUT2D eigenvalue weighted by molar-refractivity contribution is 7.71. The van der Waals surface area contributed by atoms with E-state index in [4.69, 9.17) is 17.0 Å². The molecule has 2 rings (SSSR count). The van der Waals surface area contributed by atoms with Crippen LogP contribution in [0.25, 0.3) is 11.3 Å². The van der Waals surface area contributed by atoms with Gasteiger partial charge in [0.25, 0.3) is 6.43 Å². The molecule has 0 aliphatic rings.